The van der Waals surface area contributed by atoms with E-state index in [9.17, 15) is 14.4 Å². The van der Waals surface area contributed by atoms with Gasteiger partial charge in [0.25, 0.3) is 0 Å². The van der Waals surface area contributed by atoms with Gasteiger partial charge in [0.05, 0.1) is 5.56 Å². The van der Waals surface area contributed by atoms with E-state index in [-0.39, 0.29) is 23.7 Å². The van der Waals surface area contributed by atoms with Crippen LogP contribution in [0.1, 0.15) is 46.8 Å². The number of hydrogen-bond acceptors (Lipinski definition) is 9. The van der Waals surface area contributed by atoms with Gasteiger partial charge in [-0.05, 0) is 43.2 Å². The van der Waals surface area contributed by atoms with Crippen LogP contribution >= 0.6 is 12.6 Å². The van der Waals surface area contributed by atoms with Crippen molar-refractivity contribution >= 4 is 47.7 Å². The van der Waals surface area contributed by atoms with E-state index < -0.39 is 11.6 Å². The third-order valence-corrected chi connectivity index (χ3v) is 7.99. The molecule has 12 nitrogen and oxygen atoms in total. The molecule has 2 aliphatic rings. The van der Waals surface area contributed by atoms with Crippen molar-refractivity contribution in [3.8, 4) is 11.5 Å². The van der Waals surface area contributed by atoms with Gasteiger partial charge in [-0.15, -0.1) is 0 Å². The van der Waals surface area contributed by atoms with E-state index in [1.54, 1.807) is 0 Å². The monoisotopic (exact) mass is 661 g/mol. The quantitative estimate of drug-likeness (QED) is 0.0723. The minimum absolute atomic E-state index is 0.0191. The minimum atomic E-state index is -1.01. The normalized spacial score (nSPS) is 13.7. The summed E-state index contributed by atoms with van der Waals surface area (Å²) in [6, 6.07) is 19.1. The van der Waals surface area contributed by atoms with Crippen LogP contribution in [0.3, 0.4) is 0 Å². The second-order valence-corrected chi connectivity index (χ2v) is 12.0. The van der Waals surface area contributed by atoms with E-state index in [1.165, 1.54) is 6.92 Å². The lowest BCUT2D eigenvalue weighted by Crippen LogP contribution is -2.46. The standard InChI is InChI=1S/C24H22N2O3.C10H21N5O2S/c1-25(2)15-9-11-19-21(13-15)28-22-14-16(26(3)4)10-12-20(22)24(19)18-8-6-5-7-17(18)23(27)29-24;1-7(16)15-8(9(17)13-5-6-18)3-2-4-14-10(11)12/h5-14H,1-4H3;8,18H,2-6H2,1H3,(H,13,17)(H,15,16)(H4,11,12,14). The second kappa shape index (κ2) is 15.1. The zero-order chi connectivity index (χ0) is 34.3. The van der Waals surface area contributed by atoms with Crippen molar-refractivity contribution in [2.75, 3.05) is 56.8 Å². The summed E-state index contributed by atoms with van der Waals surface area (Å²) < 4.78 is 12.5. The number of hydrogen-bond donors (Lipinski definition) is 5. The van der Waals surface area contributed by atoms with E-state index in [0.29, 0.717) is 48.7 Å². The van der Waals surface area contributed by atoms with Gasteiger partial charge in [0.1, 0.15) is 17.5 Å². The molecule has 1 unspecified atom stereocenters. The Morgan fingerprint density at radius 3 is 2.06 bits per heavy atom. The molecule has 0 fully saturated rings. The maximum absolute atomic E-state index is 12.8. The highest BCUT2D eigenvalue weighted by atomic mass is 32.1. The number of aliphatic imine (C=N–C) groups is 1. The minimum Gasteiger partial charge on any atom is -0.456 e. The number of nitrogens with zero attached hydrogens (tertiary/aromatic N) is 3. The van der Waals surface area contributed by atoms with Gasteiger partial charge in [0.2, 0.25) is 11.8 Å². The molecule has 1 atom stereocenters. The van der Waals surface area contributed by atoms with Crippen LogP contribution in [0, 0.1) is 0 Å². The van der Waals surface area contributed by atoms with Crippen LogP contribution < -0.4 is 36.6 Å². The first-order valence-corrected chi connectivity index (χ1v) is 15.9. The van der Waals surface area contributed by atoms with Crippen molar-refractivity contribution in [3.05, 3.63) is 82.9 Å². The molecule has 13 heteroatoms. The summed E-state index contributed by atoms with van der Waals surface area (Å²) in [5, 5.41) is 5.26. The number of amides is 2. The number of nitrogens with one attached hydrogen (secondary N) is 2. The lowest BCUT2D eigenvalue weighted by molar-refractivity contribution is -0.128. The Kier molecular flexibility index (Phi) is 11.2. The number of benzene rings is 3. The Bertz CT molecular complexity index is 1600. The molecule has 6 N–H and O–H groups in total. The molecule has 0 aromatic heterocycles. The van der Waals surface area contributed by atoms with E-state index in [4.69, 9.17) is 20.9 Å². The van der Waals surface area contributed by atoms with Gasteiger partial charge in [0, 0.05) is 94.2 Å². The van der Waals surface area contributed by atoms with E-state index >= 15 is 0 Å². The summed E-state index contributed by atoms with van der Waals surface area (Å²) in [7, 11) is 7.96. The highest BCUT2D eigenvalue weighted by molar-refractivity contribution is 7.80. The third kappa shape index (κ3) is 7.74. The number of anilines is 2. The largest absolute Gasteiger partial charge is 0.456 e. The molecule has 47 heavy (non-hydrogen) atoms. The highest BCUT2D eigenvalue weighted by Gasteiger charge is 2.53. The first-order valence-electron chi connectivity index (χ1n) is 15.2. The van der Waals surface area contributed by atoms with Crippen LogP contribution in [0.2, 0.25) is 0 Å². The molecule has 0 bridgehead atoms. The molecule has 0 saturated heterocycles. The van der Waals surface area contributed by atoms with Crippen LogP contribution in [0.4, 0.5) is 11.4 Å². The van der Waals surface area contributed by atoms with Crippen molar-refractivity contribution < 1.29 is 23.9 Å². The molecule has 5 rings (SSSR count). The molecular weight excluding hydrogens is 618 g/mol. The molecule has 2 amide bonds. The summed E-state index contributed by atoms with van der Waals surface area (Å²) >= 11 is 3.99. The highest BCUT2D eigenvalue weighted by Crippen LogP contribution is 2.56. The molecule has 0 saturated carbocycles. The SMILES string of the molecule is CC(=O)NC(CCCN=C(N)N)C(=O)NCCS.CN(C)c1ccc2c(c1)Oc1cc(N(C)C)ccc1C21OC(=O)c2ccccc21. The number of rotatable bonds is 10. The zero-order valence-corrected chi connectivity index (χ0v) is 28.3. The number of ether oxygens (including phenoxy) is 2. The average molecular weight is 662 g/mol. The van der Waals surface area contributed by atoms with Gasteiger partial charge >= 0.3 is 5.97 Å². The van der Waals surface area contributed by atoms with Gasteiger partial charge in [-0.1, -0.05) is 18.2 Å². The Labute approximate surface area is 280 Å². The number of guanidine groups is 1. The predicted octanol–water partition coefficient (Wildman–Crippen LogP) is 2.98. The fourth-order valence-electron chi connectivity index (χ4n) is 5.53. The molecule has 250 valence electrons. The van der Waals surface area contributed by atoms with Crippen LogP contribution in [-0.2, 0) is 19.9 Å². The molecule has 2 heterocycles. The number of carbonyl (C=O) groups is 3. The maximum atomic E-state index is 12.8. The van der Waals surface area contributed by atoms with Crippen LogP contribution in [0.25, 0.3) is 0 Å². The summed E-state index contributed by atoms with van der Waals surface area (Å²) in [5.41, 5.74) is 14.5. The summed E-state index contributed by atoms with van der Waals surface area (Å²) in [4.78, 5) is 43.4. The van der Waals surface area contributed by atoms with Crippen molar-refractivity contribution in [3.63, 3.8) is 0 Å². The molecule has 3 aromatic rings. The number of thiol groups is 1. The van der Waals surface area contributed by atoms with Crippen LogP contribution in [-0.4, -0.2) is 76.8 Å². The van der Waals surface area contributed by atoms with Crippen LogP contribution in [0.15, 0.2) is 65.7 Å². The van der Waals surface area contributed by atoms with Gasteiger partial charge in [-0.3, -0.25) is 14.6 Å². The number of nitrogens with two attached hydrogens (primary N) is 2. The average Bonchev–Trinajstić information content (AvgIpc) is 3.33. The summed E-state index contributed by atoms with van der Waals surface area (Å²) in [6.07, 6.45) is 1.09. The molecule has 3 aromatic carbocycles. The number of esters is 1. The summed E-state index contributed by atoms with van der Waals surface area (Å²) in [5.74, 6) is 1.19. The number of fused-ring (bicyclic) bond motifs is 6. The van der Waals surface area contributed by atoms with Crippen molar-refractivity contribution in [2.24, 2.45) is 16.5 Å². The Hall–Kier alpha value is -4.91. The lowest BCUT2D eigenvalue weighted by Gasteiger charge is -2.37. The topological polar surface area (TPSA) is 165 Å². The van der Waals surface area contributed by atoms with Gasteiger partial charge in [-0.25, -0.2) is 4.79 Å². The first kappa shape index (κ1) is 35.0. The van der Waals surface area contributed by atoms with Crippen molar-refractivity contribution in [1.29, 1.82) is 0 Å². The Morgan fingerprint density at radius 1 is 0.936 bits per heavy atom. The molecular formula is C34H43N7O5S. The second-order valence-electron chi connectivity index (χ2n) is 11.6. The van der Waals surface area contributed by atoms with Crippen molar-refractivity contribution in [1.82, 2.24) is 10.6 Å². The molecule has 2 aliphatic heterocycles. The number of carbonyl (C=O) groups excluding carboxylic acids is 3. The molecule has 1 spiro atoms. The van der Waals surface area contributed by atoms with Crippen LogP contribution in [0.5, 0.6) is 11.5 Å². The maximum Gasteiger partial charge on any atom is 0.340 e. The van der Waals surface area contributed by atoms with E-state index in [2.05, 4.69) is 28.3 Å². The molecule has 0 aliphatic carbocycles. The van der Waals surface area contributed by atoms with E-state index in [1.807, 2.05) is 98.7 Å². The fraction of sp³-hybridized carbons (Fsp3) is 0.353. The first-order chi connectivity index (χ1) is 22.4. The smallest absolute Gasteiger partial charge is 0.340 e. The Balaban J connectivity index is 0.000000242. The lowest BCUT2D eigenvalue weighted by atomic mass is 9.77. The third-order valence-electron chi connectivity index (χ3n) is 7.76. The molecule has 0 radical (unpaired) electrons. The van der Waals surface area contributed by atoms with Gasteiger partial charge in [0.15, 0.2) is 11.6 Å². The van der Waals surface area contributed by atoms with Crippen molar-refractivity contribution in [2.45, 2.75) is 31.4 Å². The zero-order valence-electron chi connectivity index (χ0n) is 27.4. The van der Waals surface area contributed by atoms with E-state index in [0.717, 1.165) is 28.1 Å². The predicted molar refractivity (Wildman–Crippen MR) is 188 cm³/mol. The van der Waals surface area contributed by atoms with Gasteiger partial charge < -0.3 is 41.4 Å². The van der Waals surface area contributed by atoms with Gasteiger partial charge in [-0.2, -0.15) is 12.6 Å². The Morgan fingerprint density at radius 2 is 1.53 bits per heavy atom. The fourth-order valence-corrected chi connectivity index (χ4v) is 5.64. The summed E-state index contributed by atoms with van der Waals surface area (Å²) in [6.45, 7) is 2.26.